The van der Waals surface area contributed by atoms with Gasteiger partial charge in [-0.3, -0.25) is 0 Å². The van der Waals surface area contributed by atoms with E-state index < -0.39 is 69.6 Å². The molecule has 0 aromatic carbocycles. The second-order valence-electron chi connectivity index (χ2n) is 6.19. The van der Waals surface area contributed by atoms with Gasteiger partial charge in [0.05, 0.1) is 0 Å². The average molecular weight is 557 g/mol. The highest BCUT2D eigenvalue weighted by Crippen LogP contribution is 2.64. The number of alkyl halides is 17. The average Bonchev–Trinajstić information content (AvgIpc) is 2.58. The van der Waals surface area contributed by atoms with E-state index in [0.717, 1.165) is 6.92 Å². The summed E-state index contributed by atoms with van der Waals surface area (Å²) in [5.74, 6) is -51.6. The van der Waals surface area contributed by atoms with Crippen LogP contribution in [0.5, 0.6) is 0 Å². The Morgan fingerprint density at radius 2 is 0.879 bits per heavy atom. The highest BCUT2D eigenvalue weighted by atomic mass is 32.2. The molecule has 200 valence electrons. The molecule has 0 saturated carbocycles. The molecule has 0 radical (unpaired) electrons. The lowest BCUT2D eigenvalue weighted by Crippen LogP contribution is -2.76. The van der Waals surface area contributed by atoms with Gasteiger partial charge < -0.3 is 5.73 Å². The smallest absolute Gasteiger partial charge is 0.342 e. The van der Waals surface area contributed by atoms with Crippen LogP contribution >= 0.6 is 0 Å². The normalized spacial score (nSPS) is 17.3. The lowest BCUT2D eigenvalue weighted by molar-refractivity contribution is -0.458. The highest BCUT2D eigenvalue weighted by molar-refractivity contribution is 7.90. The summed E-state index contributed by atoms with van der Waals surface area (Å²) < 4.78 is 245. The third-order valence-corrected chi connectivity index (χ3v) is 5.42. The molecule has 0 aromatic heterocycles. The maximum Gasteiger partial charge on any atom is 0.460 e. The topological polar surface area (TPSA) is 73.8 Å². The van der Waals surface area contributed by atoms with E-state index in [4.69, 9.17) is 0 Å². The molecular weight excluding hydrogens is 547 g/mol. The summed E-state index contributed by atoms with van der Waals surface area (Å²) in [4.78, 5) is 0. The van der Waals surface area contributed by atoms with Crippen molar-refractivity contribution in [2.24, 2.45) is 0 Å². The molecule has 33 heavy (non-hydrogen) atoms. The lowest BCUT2D eigenvalue weighted by atomic mass is 9.91. The molecular formula is C11H10F17N2O2S+. The second kappa shape index (κ2) is 8.12. The van der Waals surface area contributed by atoms with Crippen LogP contribution in [0.1, 0.15) is 13.3 Å². The first-order chi connectivity index (χ1) is 14.0. The van der Waals surface area contributed by atoms with Gasteiger partial charge in [-0.2, -0.15) is 79.4 Å². The Hall–Kier alpha value is -1.32. The molecule has 0 heterocycles. The molecule has 0 amide bonds. The number of hydrogen-bond donors (Lipinski definition) is 2. The quantitative estimate of drug-likeness (QED) is 0.317. The number of quaternary nitrogens is 1. The molecule has 0 bridgehead atoms. The number of nitrogens with one attached hydrogen (secondary N) is 1. The number of halogens is 17. The monoisotopic (exact) mass is 557 g/mol. The summed E-state index contributed by atoms with van der Waals surface area (Å²) >= 11 is 0. The van der Waals surface area contributed by atoms with Crippen LogP contribution in [0.15, 0.2) is 0 Å². The van der Waals surface area contributed by atoms with Gasteiger partial charge in [0.15, 0.2) is 6.17 Å². The molecule has 1 atom stereocenters. The van der Waals surface area contributed by atoms with E-state index >= 15 is 0 Å². The summed E-state index contributed by atoms with van der Waals surface area (Å²) in [6.45, 7) is 0.905. The summed E-state index contributed by atoms with van der Waals surface area (Å²) in [6.07, 6.45) is -10.6. The molecule has 0 aromatic rings. The molecule has 0 spiro atoms. The number of sulfonamides is 1. The van der Waals surface area contributed by atoms with Crippen LogP contribution in [0.3, 0.4) is 0 Å². The zero-order chi connectivity index (χ0) is 27.5. The zero-order valence-corrected chi connectivity index (χ0v) is 16.0. The Morgan fingerprint density at radius 3 is 1.15 bits per heavy atom. The van der Waals surface area contributed by atoms with Gasteiger partial charge in [-0.15, -0.1) is 0 Å². The Kier molecular flexibility index (Phi) is 7.80. The maximum absolute atomic E-state index is 13.6. The Bertz CT molecular complexity index is 819. The largest absolute Gasteiger partial charge is 0.460 e. The molecule has 4 N–H and O–H groups in total. The predicted molar refractivity (Wildman–Crippen MR) is 69.7 cm³/mol. The second-order valence-corrected chi connectivity index (χ2v) is 7.94. The Labute approximate surface area is 171 Å². The van der Waals surface area contributed by atoms with E-state index in [9.17, 15) is 83.1 Å². The third-order valence-electron chi connectivity index (χ3n) is 3.85. The van der Waals surface area contributed by atoms with Gasteiger partial charge in [-0.25, -0.2) is 8.42 Å². The first-order valence-corrected chi connectivity index (χ1v) is 9.00. The van der Waals surface area contributed by atoms with Crippen LogP contribution in [-0.2, 0) is 10.0 Å². The van der Waals surface area contributed by atoms with Crippen molar-refractivity contribution >= 4 is 10.0 Å². The minimum atomic E-state index is -8.84. The standard InChI is InChI=1S/C11H9F17N2O2S/c1-2-3(29)30-33(31,32)11(27,28)9(22,23)7(18,19)5(14,15)4(12,13)6(16,17)8(20,21)10(24,25)26/h3,30H,2,29H2,1H3/p+1. The van der Waals surface area contributed by atoms with E-state index in [1.807, 2.05) is 0 Å². The summed E-state index contributed by atoms with van der Waals surface area (Å²) in [5.41, 5.74) is 2.66. The lowest BCUT2D eigenvalue weighted by Gasteiger charge is -2.42. The van der Waals surface area contributed by atoms with Gasteiger partial charge in [0, 0.05) is 6.42 Å². The molecule has 0 rings (SSSR count). The van der Waals surface area contributed by atoms with Gasteiger partial charge in [-0.05, 0) is 0 Å². The first-order valence-electron chi connectivity index (χ1n) is 7.52. The van der Waals surface area contributed by atoms with E-state index in [0.29, 0.717) is 4.72 Å². The van der Waals surface area contributed by atoms with Crippen LogP contribution in [0.2, 0.25) is 0 Å². The van der Waals surface area contributed by atoms with Gasteiger partial charge in [-0.1, -0.05) is 6.92 Å². The molecule has 4 nitrogen and oxygen atoms in total. The maximum atomic E-state index is 13.6. The number of rotatable bonds is 10. The Balaban J connectivity index is 6.89. The molecule has 0 fully saturated rings. The van der Waals surface area contributed by atoms with Crippen molar-refractivity contribution in [1.29, 1.82) is 0 Å². The molecule has 0 saturated heterocycles. The van der Waals surface area contributed by atoms with Crippen LogP contribution < -0.4 is 10.5 Å². The molecule has 0 aliphatic rings. The van der Waals surface area contributed by atoms with Crippen molar-refractivity contribution in [3.8, 4) is 0 Å². The molecule has 22 heteroatoms. The zero-order valence-electron chi connectivity index (χ0n) is 15.1. The fourth-order valence-corrected chi connectivity index (χ4v) is 2.91. The molecule has 1 unspecified atom stereocenters. The van der Waals surface area contributed by atoms with Gasteiger partial charge in [0.1, 0.15) is 0 Å². The summed E-state index contributed by atoms with van der Waals surface area (Å²) in [5, 5.41) is -7.56. The molecule has 0 aliphatic carbocycles. The van der Waals surface area contributed by atoms with Crippen molar-refractivity contribution in [2.45, 2.75) is 66.5 Å². The van der Waals surface area contributed by atoms with Crippen molar-refractivity contribution in [1.82, 2.24) is 4.72 Å². The third kappa shape index (κ3) is 4.18. The first kappa shape index (κ1) is 31.7. The fourth-order valence-electron chi connectivity index (χ4n) is 1.69. The summed E-state index contributed by atoms with van der Waals surface area (Å²) in [7, 11) is -7.27. The summed E-state index contributed by atoms with van der Waals surface area (Å²) in [6, 6.07) is 0. The van der Waals surface area contributed by atoms with Crippen molar-refractivity contribution in [3.05, 3.63) is 0 Å². The minimum Gasteiger partial charge on any atom is -0.342 e. The van der Waals surface area contributed by atoms with E-state index in [2.05, 4.69) is 5.73 Å². The van der Waals surface area contributed by atoms with E-state index in [1.54, 1.807) is 0 Å². The van der Waals surface area contributed by atoms with Crippen LogP contribution in [-0.4, -0.2) is 61.5 Å². The van der Waals surface area contributed by atoms with Crippen LogP contribution in [0.25, 0.3) is 0 Å². The van der Waals surface area contributed by atoms with Crippen molar-refractivity contribution < 1.29 is 88.8 Å². The van der Waals surface area contributed by atoms with Crippen LogP contribution in [0, 0.1) is 0 Å². The van der Waals surface area contributed by atoms with Gasteiger partial charge >= 0.3 is 47.0 Å². The number of hydrogen-bond acceptors (Lipinski definition) is 2. The highest BCUT2D eigenvalue weighted by Gasteiger charge is 2.96. The van der Waals surface area contributed by atoms with E-state index in [-0.39, 0.29) is 0 Å². The fraction of sp³-hybridized carbons (Fsp3) is 1.00. The van der Waals surface area contributed by atoms with Crippen molar-refractivity contribution in [2.75, 3.05) is 0 Å². The van der Waals surface area contributed by atoms with Crippen molar-refractivity contribution in [3.63, 3.8) is 0 Å². The Morgan fingerprint density at radius 1 is 0.606 bits per heavy atom. The SMILES string of the molecule is CCC([NH3+])NS(=O)(=O)C(F)(F)C(F)(F)C(F)(F)C(F)(F)C(F)(F)C(F)(F)C(F)(F)C(F)(F)F. The van der Waals surface area contributed by atoms with Gasteiger partial charge in [0.25, 0.3) is 10.0 Å². The molecule has 0 aliphatic heterocycles. The van der Waals surface area contributed by atoms with Gasteiger partial charge in [0.2, 0.25) is 0 Å². The predicted octanol–water partition coefficient (Wildman–Crippen LogP) is 3.85. The van der Waals surface area contributed by atoms with E-state index in [1.165, 1.54) is 0 Å². The minimum absolute atomic E-state index is 0.437. The van der Waals surface area contributed by atoms with Crippen LogP contribution in [0.4, 0.5) is 74.6 Å².